The fourth-order valence-corrected chi connectivity index (χ4v) is 2.88. The molecule has 1 heterocycles. The van der Waals surface area contributed by atoms with E-state index >= 15 is 0 Å². The summed E-state index contributed by atoms with van der Waals surface area (Å²) < 4.78 is 0. The molecule has 1 saturated heterocycles. The van der Waals surface area contributed by atoms with E-state index in [0.717, 1.165) is 37.9 Å². The second kappa shape index (κ2) is 8.54. The fraction of sp³-hybridized carbons (Fsp3) is 0.529. The van der Waals surface area contributed by atoms with E-state index in [1.165, 1.54) is 0 Å². The van der Waals surface area contributed by atoms with E-state index in [9.17, 15) is 9.59 Å². The molecule has 1 aliphatic heterocycles. The van der Waals surface area contributed by atoms with Crippen LogP contribution in [0.15, 0.2) is 30.3 Å². The van der Waals surface area contributed by atoms with Crippen LogP contribution in [-0.4, -0.2) is 48.9 Å². The molecular formula is C17H25N3O2. The predicted molar refractivity (Wildman–Crippen MR) is 86.4 cm³/mol. The Kier molecular flexibility index (Phi) is 6.40. The van der Waals surface area contributed by atoms with E-state index in [1.54, 1.807) is 0 Å². The second-order valence-electron chi connectivity index (χ2n) is 5.63. The van der Waals surface area contributed by atoms with E-state index in [4.69, 9.17) is 0 Å². The molecule has 1 aromatic carbocycles. The molecule has 1 atom stereocenters. The zero-order chi connectivity index (χ0) is 15.8. The second-order valence-corrected chi connectivity index (χ2v) is 5.63. The molecule has 0 spiro atoms. The van der Waals surface area contributed by atoms with Crippen LogP contribution in [0.1, 0.15) is 25.3 Å². The highest BCUT2D eigenvalue weighted by Crippen LogP contribution is 2.15. The first-order chi connectivity index (χ1) is 10.7. The number of benzene rings is 1. The largest absolute Gasteiger partial charge is 0.348 e. The van der Waals surface area contributed by atoms with E-state index in [0.29, 0.717) is 19.1 Å². The molecular weight excluding hydrogens is 278 g/mol. The lowest BCUT2D eigenvalue weighted by atomic mass is 10.1. The minimum absolute atomic E-state index is 0.367. The minimum atomic E-state index is -0.544. The van der Waals surface area contributed by atoms with Gasteiger partial charge in [-0.1, -0.05) is 37.3 Å². The number of hydrogen-bond donors (Lipinski definition) is 2. The number of rotatable bonds is 6. The van der Waals surface area contributed by atoms with Gasteiger partial charge in [-0.3, -0.25) is 14.5 Å². The van der Waals surface area contributed by atoms with Gasteiger partial charge in [-0.15, -0.1) is 0 Å². The van der Waals surface area contributed by atoms with Crippen LogP contribution in [0.4, 0.5) is 0 Å². The Bertz CT molecular complexity index is 490. The van der Waals surface area contributed by atoms with Crippen LogP contribution >= 0.6 is 0 Å². The third-order valence-electron chi connectivity index (χ3n) is 4.15. The monoisotopic (exact) mass is 303 g/mol. The molecule has 1 aliphatic rings. The molecule has 0 bridgehead atoms. The third kappa shape index (κ3) is 4.84. The average Bonchev–Trinajstić information content (AvgIpc) is 3.01. The average molecular weight is 303 g/mol. The Balaban J connectivity index is 1.65. The summed E-state index contributed by atoms with van der Waals surface area (Å²) in [5, 5.41) is 5.41. The van der Waals surface area contributed by atoms with Gasteiger partial charge in [0.2, 0.25) is 0 Å². The van der Waals surface area contributed by atoms with Crippen molar-refractivity contribution in [2.75, 3.05) is 26.2 Å². The molecule has 1 aromatic rings. The van der Waals surface area contributed by atoms with Crippen molar-refractivity contribution in [2.24, 2.45) is 0 Å². The minimum Gasteiger partial charge on any atom is -0.348 e. The molecule has 2 amide bonds. The number of nitrogens with one attached hydrogen (secondary N) is 2. The van der Waals surface area contributed by atoms with Crippen LogP contribution in [0.3, 0.4) is 0 Å². The van der Waals surface area contributed by atoms with E-state index < -0.39 is 11.8 Å². The number of amides is 2. The number of likely N-dealkylation sites (N-methyl/N-ethyl adjacent to an activating group) is 1. The Hall–Kier alpha value is -1.88. The summed E-state index contributed by atoms with van der Waals surface area (Å²) >= 11 is 0. The standard InChI is InChI=1S/C17H25N3O2/c1-2-20-12-6-9-15(20)13-19-17(22)16(21)18-11-10-14-7-4-3-5-8-14/h3-5,7-8,15H,2,6,9-13H2,1H3,(H,18,21)(H,19,22)/t15-/m0/s1. The molecule has 0 aromatic heterocycles. The van der Waals surface area contributed by atoms with Crippen LogP contribution < -0.4 is 10.6 Å². The smallest absolute Gasteiger partial charge is 0.309 e. The molecule has 120 valence electrons. The number of likely N-dealkylation sites (tertiary alicyclic amines) is 1. The predicted octanol–water partition coefficient (Wildman–Crippen LogP) is 0.946. The van der Waals surface area contributed by atoms with Crippen LogP contribution in [0.2, 0.25) is 0 Å². The first-order valence-electron chi connectivity index (χ1n) is 8.04. The Morgan fingerprint density at radius 3 is 2.64 bits per heavy atom. The lowest BCUT2D eigenvalue weighted by Crippen LogP contribution is -2.45. The highest BCUT2D eigenvalue weighted by atomic mass is 16.2. The maximum Gasteiger partial charge on any atom is 0.309 e. The summed E-state index contributed by atoms with van der Waals surface area (Å²) in [4.78, 5) is 25.9. The van der Waals surface area contributed by atoms with E-state index in [-0.39, 0.29) is 0 Å². The molecule has 0 radical (unpaired) electrons. The highest BCUT2D eigenvalue weighted by Gasteiger charge is 2.24. The summed E-state index contributed by atoms with van der Waals surface area (Å²) in [6, 6.07) is 10.3. The molecule has 0 unspecified atom stereocenters. The third-order valence-corrected chi connectivity index (χ3v) is 4.15. The normalized spacial score (nSPS) is 18.1. The van der Waals surface area contributed by atoms with E-state index in [2.05, 4.69) is 22.5 Å². The quantitative estimate of drug-likeness (QED) is 0.769. The molecule has 0 saturated carbocycles. The molecule has 5 nitrogen and oxygen atoms in total. The first-order valence-corrected chi connectivity index (χ1v) is 8.04. The molecule has 5 heteroatoms. The van der Waals surface area contributed by atoms with Gasteiger partial charge in [-0.05, 0) is 37.9 Å². The number of carbonyl (C=O) groups is 2. The van der Waals surface area contributed by atoms with Gasteiger partial charge in [-0.25, -0.2) is 0 Å². The van der Waals surface area contributed by atoms with Gasteiger partial charge in [0.1, 0.15) is 0 Å². The van der Waals surface area contributed by atoms with Crippen LogP contribution in [0, 0.1) is 0 Å². The van der Waals surface area contributed by atoms with Crippen LogP contribution in [0.25, 0.3) is 0 Å². The number of hydrogen-bond acceptors (Lipinski definition) is 3. The van der Waals surface area contributed by atoms with Gasteiger partial charge in [0.25, 0.3) is 0 Å². The summed E-state index contributed by atoms with van der Waals surface area (Å²) in [6.45, 7) is 5.22. The molecule has 2 N–H and O–H groups in total. The van der Waals surface area contributed by atoms with Crippen molar-refractivity contribution in [3.8, 4) is 0 Å². The number of nitrogens with zero attached hydrogens (tertiary/aromatic N) is 1. The molecule has 0 aliphatic carbocycles. The van der Waals surface area contributed by atoms with Crippen molar-refractivity contribution in [1.82, 2.24) is 15.5 Å². The zero-order valence-corrected chi connectivity index (χ0v) is 13.2. The summed E-state index contributed by atoms with van der Waals surface area (Å²) in [7, 11) is 0. The van der Waals surface area contributed by atoms with Crippen LogP contribution in [-0.2, 0) is 16.0 Å². The van der Waals surface area contributed by atoms with Crippen molar-refractivity contribution in [1.29, 1.82) is 0 Å². The van der Waals surface area contributed by atoms with Gasteiger partial charge in [-0.2, -0.15) is 0 Å². The Morgan fingerprint density at radius 1 is 1.18 bits per heavy atom. The SMILES string of the molecule is CCN1CCC[C@H]1CNC(=O)C(=O)NCCc1ccccc1. The summed E-state index contributed by atoms with van der Waals surface area (Å²) in [6.07, 6.45) is 2.98. The van der Waals surface area contributed by atoms with Crippen molar-refractivity contribution in [3.05, 3.63) is 35.9 Å². The summed E-state index contributed by atoms with van der Waals surface area (Å²) in [5.74, 6) is -1.08. The zero-order valence-electron chi connectivity index (χ0n) is 13.2. The highest BCUT2D eigenvalue weighted by molar-refractivity contribution is 6.35. The topological polar surface area (TPSA) is 61.4 Å². The van der Waals surface area contributed by atoms with Crippen molar-refractivity contribution >= 4 is 11.8 Å². The van der Waals surface area contributed by atoms with Gasteiger partial charge in [0.05, 0.1) is 0 Å². The maximum absolute atomic E-state index is 11.8. The molecule has 22 heavy (non-hydrogen) atoms. The number of carbonyl (C=O) groups excluding carboxylic acids is 2. The first kappa shape index (κ1) is 16.5. The lowest BCUT2D eigenvalue weighted by molar-refractivity contribution is -0.139. The van der Waals surface area contributed by atoms with Crippen LogP contribution in [0.5, 0.6) is 0 Å². The molecule has 1 fully saturated rings. The van der Waals surface area contributed by atoms with E-state index in [1.807, 2.05) is 30.3 Å². The van der Waals surface area contributed by atoms with Crippen molar-refractivity contribution < 1.29 is 9.59 Å². The van der Waals surface area contributed by atoms with Gasteiger partial charge < -0.3 is 10.6 Å². The maximum atomic E-state index is 11.8. The lowest BCUT2D eigenvalue weighted by Gasteiger charge is -2.22. The van der Waals surface area contributed by atoms with Gasteiger partial charge in [0, 0.05) is 19.1 Å². The van der Waals surface area contributed by atoms with Gasteiger partial charge in [0.15, 0.2) is 0 Å². The van der Waals surface area contributed by atoms with Gasteiger partial charge >= 0.3 is 11.8 Å². The molecule has 2 rings (SSSR count). The van der Waals surface area contributed by atoms with Crippen molar-refractivity contribution in [3.63, 3.8) is 0 Å². The van der Waals surface area contributed by atoms with Crippen molar-refractivity contribution in [2.45, 2.75) is 32.2 Å². The Morgan fingerprint density at radius 2 is 1.91 bits per heavy atom. The fourth-order valence-electron chi connectivity index (χ4n) is 2.88. The summed E-state index contributed by atoms with van der Waals surface area (Å²) in [5.41, 5.74) is 1.15. The Labute approximate surface area is 132 Å².